The molecule has 3 fully saturated rings. The summed E-state index contributed by atoms with van der Waals surface area (Å²) >= 11 is 12.4. The molecule has 4 atom stereocenters. The molecule has 2 aromatic carbocycles. The molecular formula is C33H32Cl2FN5O6. The highest BCUT2D eigenvalue weighted by atomic mass is 35.5. The van der Waals surface area contributed by atoms with Crippen molar-refractivity contribution in [1.29, 1.82) is 0 Å². The SMILES string of the molecule is CCOC(=O)c1ccc(N2CC[C@H]3[C@@H](C2=O)[C@H](c2cccc(Cl)c2F)[C@](C)(C(=O)Nc2cccc(Cl)n2)N3CC2CC2)c([N+](=O)[O-])c1. The van der Waals surface area contributed by atoms with Crippen LogP contribution in [0.1, 0.15) is 54.9 Å². The van der Waals surface area contributed by atoms with Gasteiger partial charge in [0.05, 0.1) is 28.0 Å². The number of carbonyl (C=O) groups is 3. The van der Waals surface area contributed by atoms with Gasteiger partial charge in [-0.05, 0) is 74.9 Å². The van der Waals surface area contributed by atoms with Crippen LogP contribution in [0.25, 0.3) is 0 Å². The van der Waals surface area contributed by atoms with E-state index in [0.29, 0.717) is 18.9 Å². The molecule has 2 saturated heterocycles. The highest BCUT2D eigenvalue weighted by Crippen LogP contribution is 2.55. The van der Waals surface area contributed by atoms with Crippen LogP contribution in [-0.4, -0.2) is 63.9 Å². The van der Waals surface area contributed by atoms with E-state index in [-0.39, 0.29) is 46.0 Å². The number of aromatic nitrogens is 1. The number of ether oxygens (including phenoxy) is 1. The van der Waals surface area contributed by atoms with Crippen molar-refractivity contribution >= 4 is 58.2 Å². The lowest BCUT2D eigenvalue weighted by molar-refractivity contribution is -0.384. The van der Waals surface area contributed by atoms with E-state index in [1.54, 1.807) is 38.1 Å². The monoisotopic (exact) mass is 683 g/mol. The van der Waals surface area contributed by atoms with E-state index in [1.807, 2.05) is 4.90 Å². The van der Waals surface area contributed by atoms with Crippen LogP contribution in [0.2, 0.25) is 10.2 Å². The molecular weight excluding hydrogens is 652 g/mol. The number of esters is 1. The Kier molecular flexibility index (Phi) is 8.94. The Morgan fingerprint density at radius 3 is 2.57 bits per heavy atom. The second-order valence-corrected chi connectivity index (χ2v) is 13.0. The van der Waals surface area contributed by atoms with Gasteiger partial charge in [-0.25, -0.2) is 14.2 Å². The topological polar surface area (TPSA) is 135 Å². The van der Waals surface area contributed by atoms with Gasteiger partial charge in [-0.1, -0.05) is 41.4 Å². The van der Waals surface area contributed by atoms with Gasteiger partial charge >= 0.3 is 5.97 Å². The largest absolute Gasteiger partial charge is 0.462 e. The van der Waals surface area contributed by atoms with Gasteiger partial charge in [0.15, 0.2) is 0 Å². The van der Waals surface area contributed by atoms with Crippen LogP contribution in [0, 0.1) is 27.8 Å². The number of pyridine rings is 1. The maximum Gasteiger partial charge on any atom is 0.338 e. The quantitative estimate of drug-likeness (QED) is 0.121. The minimum absolute atomic E-state index is 0.00765. The van der Waals surface area contributed by atoms with E-state index < -0.39 is 57.6 Å². The number of fused-ring (bicyclic) bond motifs is 1. The molecule has 6 rings (SSSR count). The molecule has 1 aromatic heterocycles. The van der Waals surface area contributed by atoms with Gasteiger partial charge in [0.25, 0.3) is 5.69 Å². The summed E-state index contributed by atoms with van der Waals surface area (Å²) in [6.45, 7) is 4.00. The van der Waals surface area contributed by atoms with Crippen molar-refractivity contribution in [3.63, 3.8) is 0 Å². The summed E-state index contributed by atoms with van der Waals surface area (Å²) in [5.74, 6) is -4.03. The number of anilines is 2. The standard InChI is InChI=1S/C33H32Cl2FN5O6/c1-3-47-31(43)19-12-13-22(24(16-19)41(45)46)39-15-14-23-27(30(39)42)28(20-6-4-7-21(34)29(20)36)33(2,40(23)17-18-10-11-18)32(44)38-26-9-5-8-25(35)37-26/h4-9,12-13,16,18,23,27-28H,3,10-11,14-15,17H2,1-2H3,(H,37,38,44)/t23-,27+,28-,33+/m0/s1. The van der Waals surface area contributed by atoms with Crippen LogP contribution < -0.4 is 10.2 Å². The maximum atomic E-state index is 16.0. The first kappa shape index (κ1) is 32.8. The molecule has 3 aliphatic rings. The summed E-state index contributed by atoms with van der Waals surface area (Å²) in [4.78, 5) is 60.7. The molecule has 1 aliphatic carbocycles. The Morgan fingerprint density at radius 2 is 1.89 bits per heavy atom. The van der Waals surface area contributed by atoms with Crippen molar-refractivity contribution in [2.24, 2.45) is 11.8 Å². The number of nitrogens with zero attached hydrogens (tertiary/aromatic N) is 4. The molecule has 0 spiro atoms. The van der Waals surface area contributed by atoms with Crippen molar-refractivity contribution < 1.29 is 28.4 Å². The van der Waals surface area contributed by atoms with Crippen LogP contribution >= 0.6 is 23.2 Å². The summed E-state index contributed by atoms with van der Waals surface area (Å²) in [5.41, 5.74) is -1.87. The Balaban J connectivity index is 1.47. The molecule has 11 nitrogen and oxygen atoms in total. The van der Waals surface area contributed by atoms with E-state index in [9.17, 15) is 24.5 Å². The van der Waals surface area contributed by atoms with Crippen LogP contribution in [0.5, 0.6) is 0 Å². The van der Waals surface area contributed by atoms with E-state index in [0.717, 1.165) is 18.9 Å². The summed E-state index contributed by atoms with van der Waals surface area (Å²) in [6.07, 6.45) is 2.25. The van der Waals surface area contributed by atoms with Gasteiger partial charge in [0.2, 0.25) is 11.8 Å². The number of hydrogen-bond donors (Lipinski definition) is 1. The van der Waals surface area contributed by atoms with Crippen molar-refractivity contribution in [1.82, 2.24) is 9.88 Å². The summed E-state index contributed by atoms with van der Waals surface area (Å²) in [7, 11) is 0. The summed E-state index contributed by atoms with van der Waals surface area (Å²) < 4.78 is 21.0. The number of benzene rings is 2. The number of nitrogens with one attached hydrogen (secondary N) is 1. The number of likely N-dealkylation sites (tertiary alicyclic amines) is 1. The molecule has 14 heteroatoms. The molecule has 0 bridgehead atoms. The first-order valence-electron chi connectivity index (χ1n) is 15.4. The van der Waals surface area contributed by atoms with E-state index in [2.05, 4.69) is 10.3 Å². The lowest BCUT2D eigenvalue weighted by Crippen LogP contribution is -2.56. The minimum atomic E-state index is -1.47. The van der Waals surface area contributed by atoms with Gasteiger partial charge in [0, 0.05) is 31.1 Å². The third-order valence-electron chi connectivity index (χ3n) is 9.43. The average Bonchev–Trinajstić information content (AvgIpc) is 3.82. The molecule has 47 heavy (non-hydrogen) atoms. The molecule has 246 valence electrons. The van der Waals surface area contributed by atoms with Crippen molar-refractivity contribution in [3.8, 4) is 0 Å². The minimum Gasteiger partial charge on any atom is -0.462 e. The van der Waals surface area contributed by atoms with Crippen molar-refractivity contribution in [3.05, 3.63) is 91.8 Å². The Labute approximate surface area is 280 Å². The number of nitro groups is 1. The number of amides is 2. The van der Waals surface area contributed by atoms with Crippen LogP contribution in [0.3, 0.4) is 0 Å². The van der Waals surface area contributed by atoms with Crippen molar-refractivity contribution in [2.45, 2.75) is 50.6 Å². The third-order valence-corrected chi connectivity index (χ3v) is 9.94. The predicted octanol–water partition coefficient (Wildman–Crippen LogP) is 6.24. The number of piperidine rings is 1. The number of hydrogen-bond acceptors (Lipinski definition) is 8. The van der Waals surface area contributed by atoms with E-state index in [1.165, 1.54) is 29.2 Å². The molecule has 2 aliphatic heterocycles. The molecule has 1 N–H and O–H groups in total. The average molecular weight is 685 g/mol. The highest BCUT2D eigenvalue weighted by Gasteiger charge is 2.65. The summed E-state index contributed by atoms with van der Waals surface area (Å²) in [6, 6.07) is 12.6. The molecule has 3 heterocycles. The molecule has 3 aromatic rings. The van der Waals surface area contributed by atoms with Gasteiger partial charge in [-0.15, -0.1) is 0 Å². The number of halogens is 3. The van der Waals surface area contributed by atoms with Gasteiger partial charge in [-0.2, -0.15) is 0 Å². The van der Waals surface area contributed by atoms with Crippen molar-refractivity contribution in [2.75, 3.05) is 29.9 Å². The predicted molar refractivity (Wildman–Crippen MR) is 173 cm³/mol. The zero-order chi connectivity index (χ0) is 33.6. The van der Waals surface area contributed by atoms with E-state index in [4.69, 9.17) is 27.9 Å². The number of rotatable bonds is 9. The number of nitro benzene ring substituents is 1. The maximum absolute atomic E-state index is 16.0. The Morgan fingerprint density at radius 1 is 1.15 bits per heavy atom. The van der Waals surface area contributed by atoms with Gasteiger partial charge < -0.3 is 15.0 Å². The lowest BCUT2D eigenvalue weighted by atomic mass is 9.72. The fraction of sp³-hybridized carbons (Fsp3) is 0.394. The zero-order valence-electron chi connectivity index (χ0n) is 25.6. The normalized spacial score (nSPS) is 24.1. The smallest absolute Gasteiger partial charge is 0.338 e. The third kappa shape index (κ3) is 5.94. The fourth-order valence-electron chi connectivity index (χ4n) is 7.11. The first-order valence-corrected chi connectivity index (χ1v) is 16.1. The number of carbonyl (C=O) groups excluding carboxylic acids is 3. The lowest BCUT2D eigenvalue weighted by Gasteiger charge is -2.40. The second kappa shape index (κ2) is 12.8. The highest BCUT2D eigenvalue weighted by molar-refractivity contribution is 6.30. The van der Waals surface area contributed by atoms with Gasteiger partial charge in [0.1, 0.15) is 28.0 Å². The zero-order valence-corrected chi connectivity index (χ0v) is 27.1. The molecule has 1 saturated carbocycles. The van der Waals surface area contributed by atoms with Crippen LogP contribution in [0.15, 0.2) is 54.6 Å². The van der Waals surface area contributed by atoms with Gasteiger partial charge in [-0.3, -0.25) is 24.6 Å². The Hall–Kier alpha value is -4.13. The van der Waals surface area contributed by atoms with Crippen LogP contribution in [0.4, 0.5) is 21.6 Å². The molecule has 2 amide bonds. The first-order chi connectivity index (χ1) is 22.4. The summed E-state index contributed by atoms with van der Waals surface area (Å²) in [5, 5.41) is 15.1. The second-order valence-electron chi connectivity index (χ2n) is 12.2. The molecule has 0 unspecified atom stereocenters. The van der Waals surface area contributed by atoms with E-state index >= 15 is 4.39 Å². The van der Waals surface area contributed by atoms with Crippen LogP contribution in [-0.2, 0) is 14.3 Å². The molecule has 0 radical (unpaired) electrons. The fourth-order valence-corrected chi connectivity index (χ4v) is 7.46. The Bertz CT molecular complexity index is 1770.